The first-order valence-electron chi connectivity index (χ1n) is 10.1. The smallest absolute Gasteiger partial charge is 0.259 e. The number of benzene rings is 2. The third-order valence-corrected chi connectivity index (χ3v) is 5.63. The van der Waals surface area contributed by atoms with Gasteiger partial charge in [0.2, 0.25) is 0 Å². The Labute approximate surface area is 175 Å². The molecule has 4 rings (SSSR count). The molecule has 2 heterocycles. The van der Waals surface area contributed by atoms with Crippen LogP contribution in [-0.4, -0.2) is 53.8 Å². The van der Waals surface area contributed by atoms with E-state index in [9.17, 15) is 9.18 Å². The molecule has 1 N–H and O–H groups in total. The van der Waals surface area contributed by atoms with E-state index in [-0.39, 0.29) is 11.7 Å². The van der Waals surface area contributed by atoms with Crippen LogP contribution >= 0.6 is 0 Å². The molecule has 1 fully saturated rings. The monoisotopic (exact) mass is 407 g/mol. The average Bonchev–Trinajstić information content (AvgIpc) is 3.11. The zero-order chi connectivity index (χ0) is 21.3. The largest absolute Gasteiger partial charge is 0.369 e. The van der Waals surface area contributed by atoms with Crippen molar-refractivity contribution in [3.8, 4) is 5.69 Å². The predicted octanol–water partition coefficient (Wildman–Crippen LogP) is 3.63. The van der Waals surface area contributed by atoms with E-state index in [2.05, 4.69) is 40.3 Å². The van der Waals surface area contributed by atoms with Crippen LogP contribution in [0.2, 0.25) is 0 Å². The number of aromatic nitrogens is 2. The molecule has 0 unspecified atom stereocenters. The van der Waals surface area contributed by atoms with Crippen molar-refractivity contribution >= 4 is 17.3 Å². The van der Waals surface area contributed by atoms with Crippen molar-refractivity contribution in [3.63, 3.8) is 0 Å². The van der Waals surface area contributed by atoms with Crippen LogP contribution in [0.3, 0.4) is 0 Å². The third-order valence-electron chi connectivity index (χ3n) is 5.63. The lowest BCUT2D eigenvalue weighted by Gasteiger charge is -2.35. The lowest BCUT2D eigenvalue weighted by Crippen LogP contribution is -2.44. The van der Waals surface area contributed by atoms with Crippen molar-refractivity contribution < 1.29 is 9.18 Å². The fraction of sp³-hybridized carbons (Fsp3) is 0.304. The van der Waals surface area contributed by atoms with Crippen LogP contribution in [0.15, 0.2) is 48.7 Å². The van der Waals surface area contributed by atoms with Gasteiger partial charge >= 0.3 is 0 Å². The summed E-state index contributed by atoms with van der Waals surface area (Å²) in [6.45, 7) is 7.90. The van der Waals surface area contributed by atoms with Gasteiger partial charge in [-0.3, -0.25) is 4.79 Å². The molecule has 1 amide bonds. The number of nitrogens with one attached hydrogen (secondary N) is 1. The summed E-state index contributed by atoms with van der Waals surface area (Å²) in [4.78, 5) is 17.5. The van der Waals surface area contributed by atoms with E-state index in [0.29, 0.717) is 16.9 Å². The topological polar surface area (TPSA) is 53.4 Å². The Morgan fingerprint density at radius 2 is 1.77 bits per heavy atom. The van der Waals surface area contributed by atoms with Crippen LogP contribution in [-0.2, 0) is 0 Å². The van der Waals surface area contributed by atoms with Crippen molar-refractivity contribution in [3.05, 3.63) is 71.3 Å². The Morgan fingerprint density at radius 3 is 2.47 bits per heavy atom. The van der Waals surface area contributed by atoms with Crippen LogP contribution in [0.1, 0.15) is 21.6 Å². The second-order valence-corrected chi connectivity index (χ2v) is 7.75. The quantitative estimate of drug-likeness (QED) is 0.718. The first kappa shape index (κ1) is 20.1. The number of rotatable bonds is 4. The van der Waals surface area contributed by atoms with Gasteiger partial charge in [0.15, 0.2) is 0 Å². The molecule has 2 aromatic carbocycles. The van der Waals surface area contributed by atoms with Gasteiger partial charge in [-0.25, -0.2) is 9.07 Å². The summed E-state index contributed by atoms with van der Waals surface area (Å²) in [5, 5.41) is 7.16. The third kappa shape index (κ3) is 3.93. The Hall–Kier alpha value is -3.19. The summed E-state index contributed by atoms with van der Waals surface area (Å²) in [6, 6.07) is 12.4. The first-order valence-corrected chi connectivity index (χ1v) is 10.1. The molecule has 6 nitrogen and oxygen atoms in total. The van der Waals surface area contributed by atoms with Crippen LogP contribution in [0.5, 0.6) is 0 Å². The number of nitrogens with zero attached hydrogens (tertiary/aromatic N) is 4. The maximum absolute atomic E-state index is 14.1. The van der Waals surface area contributed by atoms with E-state index in [1.165, 1.54) is 22.6 Å². The van der Waals surface area contributed by atoms with E-state index < -0.39 is 0 Å². The van der Waals surface area contributed by atoms with E-state index in [0.717, 1.165) is 37.4 Å². The molecule has 0 bridgehead atoms. The highest BCUT2D eigenvalue weighted by Gasteiger charge is 2.19. The summed E-state index contributed by atoms with van der Waals surface area (Å²) >= 11 is 0. The number of carbonyl (C=O) groups excluding carboxylic acids is 1. The first-order chi connectivity index (χ1) is 14.4. The number of carbonyl (C=O) groups is 1. The van der Waals surface area contributed by atoms with Crippen molar-refractivity contribution in [1.82, 2.24) is 14.7 Å². The Balaban J connectivity index is 1.51. The average molecular weight is 407 g/mol. The second-order valence-electron chi connectivity index (χ2n) is 7.75. The molecular weight excluding hydrogens is 381 g/mol. The van der Waals surface area contributed by atoms with E-state index >= 15 is 0 Å². The van der Waals surface area contributed by atoms with E-state index in [1.807, 2.05) is 12.1 Å². The number of piperazine rings is 1. The maximum atomic E-state index is 14.1. The van der Waals surface area contributed by atoms with Crippen molar-refractivity contribution in [2.24, 2.45) is 0 Å². The summed E-state index contributed by atoms with van der Waals surface area (Å²) in [7, 11) is 2.14. The molecule has 0 aliphatic carbocycles. The molecule has 1 aliphatic rings. The van der Waals surface area contributed by atoms with Gasteiger partial charge in [-0.1, -0.05) is 12.1 Å². The van der Waals surface area contributed by atoms with Gasteiger partial charge in [0.1, 0.15) is 11.5 Å². The number of hydrogen-bond donors (Lipinski definition) is 1. The number of anilines is 2. The second kappa shape index (κ2) is 8.28. The summed E-state index contributed by atoms with van der Waals surface area (Å²) in [5.74, 6) is -0.646. The molecule has 0 radical (unpaired) electrons. The van der Waals surface area contributed by atoms with Gasteiger partial charge in [-0.2, -0.15) is 5.10 Å². The normalized spacial score (nSPS) is 14.7. The van der Waals surface area contributed by atoms with E-state index in [1.54, 1.807) is 25.1 Å². The van der Waals surface area contributed by atoms with E-state index in [4.69, 9.17) is 0 Å². The number of likely N-dealkylation sites (N-methyl/N-ethyl adjacent to an activating group) is 1. The SMILES string of the molecule is Cc1cc(NC(=O)c2cnn(-c3ccccc3F)c2C)ccc1N1CCN(C)CC1. The van der Waals surface area contributed by atoms with Gasteiger partial charge in [0.25, 0.3) is 5.91 Å². The molecule has 0 saturated carbocycles. The van der Waals surface area contributed by atoms with Crippen molar-refractivity contribution in [2.45, 2.75) is 13.8 Å². The van der Waals surface area contributed by atoms with Gasteiger partial charge in [-0.05, 0) is 56.8 Å². The standard InChI is InChI=1S/C23H26FN5O/c1-16-14-18(8-9-21(16)28-12-10-27(3)11-13-28)26-23(30)19-15-25-29(17(19)2)22-7-5-4-6-20(22)24/h4-9,14-15H,10-13H2,1-3H3,(H,26,30). The molecule has 1 saturated heterocycles. The zero-order valence-electron chi connectivity index (χ0n) is 17.5. The van der Waals surface area contributed by atoms with Crippen LogP contribution in [0, 0.1) is 19.7 Å². The molecule has 7 heteroatoms. The number of aryl methyl sites for hydroxylation is 1. The minimum Gasteiger partial charge on any atom is -0.369 e. The minimum absolute atomic E-state index is 0.262. The van der Waals surface area contributed by atoms with Gasteiger partial charge in [0.05, 0.1) is 17.5 Å². The molecule has 0 spiro atoms. The van der Waals surface area contributed by atoms with Gasteiger partial charge < -0.3 is 15.1 Å². The molecule has 1 aromatic heterocycles. The zero-order valence-corrected chi connectivity index (χ0v) is 17.5. The van der Waals surface area contributed by atoms with Crippen LogP contribution < -0.4 is 10.2 Å². The number of para-hydroxylation sites is 1. The fourth-order valence-corrected chi connectivity index (χ4v) is 3.83. The maximum Gasteiger partial charge on any atom is 0.259 e. The van der Waals surface area contributed by atoms with Crippen LogP contribution in [0.4, 0.5) is 15.8 Å². The highest BCUT2D eigenvalue weighted by atomic mass is 19.1. The van der Waals surface area contributed by atoms with Crippen molar-refractivity contribution in [1.29, 1.82) is 0 Å². The fourth-order valence-electron chi connectivity index (χ4n) is 3.83. The molecular formula is C23H26FN5O. The number of hydrogen-bond acceptors (Lipinski definition) is 4. The number of amides is 1. The molecule has 30 heavy (non-hydrogen) atoms. The Kier molecular flexibility index (Phi) is 5.55. The lowest BCUT2D eigenvalue weighted by molar-refractivity contribution is 0.102. The number of halogens is 1. The summed E-state index contributed by atoms with van der Waals surface area (Å²) in [6.07, 6.45) is 1.47. The van der Waals surface area contributed by atoms with Crippen LogP contribution in [0.25, 0.3) is 5.69 Å². The predicted molar refractivity (Wildman–Crippen MR) is 117 cm³/mol. The van der Waals surface area contributed by atoms with Gasteiger partial charge in [-0.15, -0.1) is 0 Å². The highest BCUT2D eigenvalue weighted by molar-refractivity contribution is 6.05. The molecule has 156 valence electrons. The van der Waals surface area contributed by atoms with Gasteiger partial charge in [0, 0.05) is 37.6 Å². The lowest BCUT2D eigenvalue weighted by atomic mass is 10.1. The highest BCUT2D eigenvalue weighted by Crippen LogP contribution is 2.25. The Bertz CT molecular complexity index is 1070. The molecule has 1 aliphatic heterocycles. The molecule has 0 atom stereocenters. The van der Waals surface area contributed by atoms with Crippen molar-refractivity contribution in [2.75, 3.05) is 43.4 Å². The Morgan fingerprint density at radius 1 is 1.03 bits per heavy atom. The summed E-state index contributed by atoms with van der Waals surface area (Å²) < 4.78 is 15.6. The molecule has 3 aromatic rings. The minimum atomic E-state index is -0.384. The summed E-state index contributed by atoms with van der Waals surface area (Å²) in [5.41, 5.74) is 4.37.